The lowest BCUT2D eigenvalue weighted by Crippen LogP contribution is -2.35. The molecule has 1 heterocycles. The van der Waals surface area contributed by atoms with E-state index in [1.807, 2.05) is 25.1 Å². The predicted molar refractivity (Wildman–Crippen MR) is 88.4 cm³/mol. The van der Waals surface area contributed by atoms with Crippen LogP contribution in [0, 0.1) is 0 Å². The largest absolute Gasteiger partial charge is 0.264 e. The average molecular weight is 387 g/mol. The smallest absolute Gasteiger partial charge is 0.263 e. The highest BCUT2D eigenvalue weighted by Gasteiger charge is 2.35. The van der Waals surface area contributed by atoms with Crippen LogP contribution in [0.2, 0.25) is 5.02 Å². The number of sulfonamides is 1. The highest BCUT2D eigenvalue weighted by Crippen LogP contribution is 2.38. The molecule has 2 aromatic carbocycles. The summed E-state index contributed by atoms with van der Waals surface area (Å²) in [4.78, 5) is 0.259. The van der Waals surface area contributed by atoms with Gasteiger partial charge in [0.2, 0.25) is 0 Å². The van der Waals surface area contributed by atoms with Crippen LogP contribution in [-0.4, -0.2) is 14.5 Å². The van der Waals surface area contributed by atoms with E-state index in [2.05, 4.69) is 15.9 Å². The van der Waals surface area contributed by atoms with Crippen molar-refractivity contribution < 1.29 is 8.42 Å². The lowest BCUT2D eigenvalue weighted by Gasteiger charge is -2.24. The normalized spacial score (nSPS) is 17.9. The molecule has 3 rings (SSSR count). The number of benzene rings is 2. The lowest BCUT2D eigenvalue weighted by atomic mass is 10.1. The molecule has 0 saturated carbocycles. The highest BCUT2D eigenvalue weighted by atomic mass is 79.9. The van der Waals surface area contributed by atoms with E-state index in [0.717, 1.165) is 15.7 Å². The Bertz CT molecular complexity index is 790. The number of anilines is 1. The molecular weight excluding hydrogens is 374 g/mol. The Balaban J connectivity index is 2.10. The van der Waals surface area contributed by atoms with E-state index in [1.165, 1.54) is 4.31 Å². The number of nitrogens with zero attached hydrogens (tertiary/aromatic N) is 1. The van der Waals surface area contributed by atoms with E-state index < -0.39 is 10.0 Å². The molecule has 0 unspecified atom stereocenters. The molecule has 6 heteroatoms. The monoisotopic (exact) mass is 385 g/mol. The van der Waals surface area contributed by atoms with Crippen LogP contribution in [-0.2, 0) is 16.4 Å². The molecule has 0 spiro atoms. The zero-order chi connectivity index (χ0) is 15.2. The summed E-state index contributed by atoms with van der Waals surface area (Å²) in [5, 5.41) is 0.521. The van der Waals surface area contributed by atoms with Gasteiger partial charge in [-0.15, -0.1) is 0 Å². The molecule has 110 valence electrons. The maximum atomic E-state index is 12.9. The van der Waals surface area contributed by atoms with Crippen LogP contribution in [0.15, 0.2) is 51.8 Å². The zero-order valence-electron chi connectivity index (χ0n) is 11.3. The van der Waals surface area contributed by atoms with Crippen molar-refractivity contribution in [1.29, 1.82) is 0 Å². The number of hydrogen-bond acceptors (Lipinski definition) is 2. The van der Waals surface area contributed by atoms with Crippen molar-refractivity contribution in [2.45, 2.75) is 24.3 Å². The van der Waals surface area contributed by atoms with Crippen molar-refractivity contribution in [2.75, 3.05) is 4.31 Å². The third kappa shape index (κ3) is 2.58. The quantitative estimate of drug-likeness (QED) is 0.774. The number of fused-ring (bicyclic) bond motifs is 1. The van der Waals surface area contributed by atoms with Crippen molar-refractivity contribution in [2.24, 2.45) is 0 Å². The molecule has 1 aliphatic heterocycles. The summed E-state index contributed by atoms with van der Waals surface area (Å²) in [6.07, 6.45) is 0.710. The first-order valence-corrected chi connectivity index (χ1v) is 9.09. The third-order valence-corrected chi connectivity index (χ3v) is 6.25. The summed E-state index contributed by atoms with van der Waals surface area (Å²) in [7, 11) is -3.57. The molecule has 21 heavy (non-hydrogen) atoms. The standard InChI is InChI=1S/C15H13BrClNO2S/c1-10-8-11-9-12(16)2-7-15(11)18(10)21(19,20)14-5-3-13(17)4-6-14/h2-7,9-10H,8H2,1H3/t10-/m0/s1. The summed E-state index contributed by atoms with van der Waals surface area (Å²) in [5.74, 6) is 0. The summed E-state index contributed by atoms with van der Waals surface area (Å²) >= 11 is 9.26. The van der Waals surface area contributed by atoms with Crippen LogP contribution in [0.3, 0.4) is 0 Å². The molecule has 0 aliphatic carbocycles. The molecule has 0 fully saturated rings. The molecule has 0 amide bonds. The summed E-state index contributed by atoms with van der Waals surface area (Å²) in [5.41, 5.74) is 1.79. The van der Waals surface area contributed by atoms with E-state index in [-0.39, 0.29) is 10.9 Å². The van der Waals surface area contributed by atoms with Crippen molar-refractivity contribution >= 4 is 43.2 Å². The fourth-order valence-corrected chi connectivity index (χ4v) is 4.88. The minimum absolute atomic E-state index is 0.102. The first-order valence-electron chi connectivity index (χ1n) is 6.48. The van der Waals surface area contributed by atoms with Gasteiger partial charge in [-0.05, 0) is 61.4 Å². The van der Waals surface area contributed by atoms with E-state index in [1.54, 1.807) is 24.3 Å². The van der Waals surface area contributed by atoms with E-state index in [4.69, 9.17) is 11.6 Å². The lowest BCUT2D eigenvalue weighted by molar-refractivity contribution is 0.584. The molecule has 3 nitrogen and oxygen atoms in total. The van der Waals surface area contributed by atoms with E-state index in [0.29, 0.717) is 11.4 Å². The zero-order valence-corrected chi connectivity index (χ0v) is 14.4. The Morgan fingerprint density at radius 2 is 1.86 bits per heavy atom. The van der Waals surface area contributed by atoms with Gasteiger partial charge in [0.25, 0.3) is 10.0 Å². The molecule has 0 aromatic heterocycles. The van der Waals surface area contributed by atoms with Gasteiger partial charge in [0.15, 0.2) is 0 Å². The van der Waals surface area contributed by atoms with Gasteiger partial charge >= 0.3 is 0 Å². The highest BCUT2D eigenvalue weighted by molar-refractivity contribution is 9.10. The number of hydrogen-bond donors (Lipinski definition) is 0. The van der Waals surface area contributed by atoms with Crippen LogP contribution < -0.4 is 4.31 Å². The Hall–Kier alpha value is -1.04. The fraction of sp³-hybridized carbons (Fsp3) is 0.200. The molecular formula is C15H13BrClNO2S. The molecule has 2 aromatic rings. The van der Waals surface area contributed by atoms with E-state index >= 15 is 0 Å². The van der Waals surface area contributed by atoms with Crippen molar-refractivity contribution in [1.82, 2.24) is 0 Å². The van der Waals surface area contributed by atoms with Gasteiger partial charge in [-0.25, -0.2) is 8.42 Å². The van der Waals surface area contributed by atoms with Gasteiger partial charge < -0.3 is 0 Å². The van der Waals surface area contributed by atoms with Gasteiger partial charge in [0.1, 0.15) is 0 Å². The van der Waals surface area contributed by atoms with Crippen LogP contribution >= 0.6 is 27.5 Å². The van der Waals surface area contributed by atoms with Gasteiger partial charge in [-0.3, -0.25) is 4.31 Å². The van der Waals surface area contributed by atoms with Gasteiger partial charge in [-0.2, -0.15) is 0 Å². The van der Waals surface area contributed by atoms with Crippen molar-refractivity contribution in [3.8, 4) is 0 Å². The second-order valence-corrected chi connectivity index (χ2v) is 8.25. The average Bonchev–Trinajstić information content (AvgIpc) is 2.74. The molecule has 0 N–H and O–H groups in total. The van der Waals surface area contributed by atoms with E-state index in [9.17, 15) is 8.42 Å². The molecule has 0 radical (unpaired) electrons. The van der Waals surface area contributed by atoms with Gasteiger partial charge in [0, 0.05) is 15.5 Å². The van der Waals surface area contributed by atoms with Gasteiger partial charge in [-0.1, -0.05) is 27.5 Å². The van der Waals surface area contributed by atoms with Crippen LogP contribution in [0.1, 0.15) is 12.5 Å². The maximum absolute atomic E-state index is 12.9. The van der Waals surface area contributed by atoms with Gasteiger partial charge in [0.05, 0.1) is 10.6 Å². The summed E-state index contributed by atoms with van der Waals surface area (Å²) in [6, 6.07) is 11.9. The Morgan fingerprint density at radius 3 is 2.52 bits per heavy atom. The first kappa shape index (κ1) is 14.9. The Morgan fingerprint density at radius 1 is 1.19 bits per heavy atom. The minimum atomic E-state index is -3.57. The fourth-order valence-electron chi connectivity index (χ4n) is 2.66. The predicted octanol–water partition coefficient (Wildman–Crippen LogP) is 4.24. The minimum Gasteiger partial charge on any atom is -0.263 e. The summed E-state index contributed by atoms with van der Waals surface area (Å²) in [6.45, 7) is 1.92. The van der Waals surface area contributed by atoms with Crippen LogP contribution in [0.25, 0.3) is 0 Å². The summed E-state index contributed by atoms with van der Waals surface area (Å²) < 4.78 is 28.2. The number of halogens is 2. The molecule has 1 atom stereocenters. The van der Waals surface area contributed by atoms with Crippen LogP contribution in [0.5, 0.6) is 0 Å². The second-order valence-electron chi connectivity index (χ2n) is 5.08. The number of rotatable bonds is 2. The topological polar surface area (TPSA) is 37.4 Å². The third-order valence-electron chi connectivity index (χ3n) is 3.57. The SMILES string of the molecule is C[C@H]1Cc2cc(Br)ccc2N1S(=O)(=O)c1ccc(Cl)cc1. The molecule has 0 saturated heterocycles. The maximum Gasteiger partial charge on any atom is 0.264 e. The Kier molecular flexibility index (Phi) is 3.76. The Labute approximate surface area is 137 Å². The van der Waals surface area contributed by atoms with Crippen LogP contribution in [0.4, 0.5) is 5.69 Å². The van der Waals surface area contributed by atoms with Crippen molar-refractivity contribution in [3.05, 3.63) is 57.5 Å². The first-order chi connectivity index (χ1) is 9.89. The molecule has 1 aliphatic rings. The second kappa shape index (κ2) is 5.30. The molecule has 0 bridgehead atoms. The van der Waals surface area contributed by atoms with Crippen molar-refractivity contribution in [3.63, 3.8) is 0 Å².